The van der Waals surface area contributed by atoms with E-state index in [1.54, 1.807) is 24.3 Å². The SMILES string of the molecule is Cc1ccc(S(=O)(=O)N/N=C\c2ccccc2Cl)cc1[N+](=O)[O-]. The number of hydrazone groups is 1. The quantitative estimate of drug-likeness (QED) is 0.507. The molecular weight excluding hydrogens is 342 g/mol. The second-order valence-electron chi connectivity index (χ2n) is 4.58. The van der Waals surface area contributed by atoms with E-state index in [1.807, 2.05) is 4.83 Å². The molecule has 2 rings (SSSR count). The van der Waals surface area contributed by atoms with Crippen molar-refractivity contribution < 1.29 is 13.3 Å². The molecular formula is C14H12ClN3O4S. The first-order valence-electron chi connectivity index (χ1n) is 6.36. The Balaban J connectivity index is 2.24. The number of nitrogens with one attached hydrogen (secondary N) is 1. The molecule has 2 aromatic rings. The summed E-state index contributed by atoms with van der Waals surface area (Å²) in [7, 11) is -4.01. The lowest BCUT2D eigenvalue weighted by Crippen LogP contribution is -2.18. The van der Waals surface area contributed by atoms with Crippen LogP contribution in [-0.4, -0.2) is 19.6 Å². The molecule has 0 amide bonds. The smallest absolute Gasteiger partial charge is 0.258 e. The minimum Gasteiger partial charge on any atom is -0.258 e. The van der Waals surface area contributed by atoms with Crippen LogP contribution in [0.3, 0.4) is 0 Å². The van der Waals surface area contributed by atoms with Gasteiger partial charge < -0.3 is 0 Å². The molecule has 7 nitrogen and oxygen atoms in total. The molecule has 0 atom stereocenters. The summed E-state index contributed by atoms with van der Waals surface area (Å²) in [4.78, 5) is 12.0. The molecule has 0 aliphatic rings. The van der Waals surface area contributed by atoms with Crippen molar-refractivity contribution >= 4 is 33.5 Å². The second-order valence-corrected chi connectivity index (χ2v) is 6.65. The van der Waals surface area contributed by atoms with Gasteiger partial charge in [-0.25, -0.2) is 4.83 Å². The highest BCUT2D eigenvalue weighted by molar-refractivity contribution is 7.89. The van der Waals surface area contributed by atoms with Crippen molar-refractivity contribution in [3.8, 4) is 0 Å². The van der Waals surface area contributed by atoms with E-state index in [0.29, 0.717) is 16.1 Å². The average molecular weight is 354 g/mol. The predicted molar refractivity (Wildman–Crippen MR) is 87.2 cm³/mol. The molecule has 2 aromatic carbocycles. The molecule has 120 valence electrons. The van der Waals surface area contributed by atoms with Crippen LogP contribution in [0.15, 0.2) is 52.5 Å². The van der Waals surface area contributed by atoms with Gasteiger partial charge in [-0.3, -0.25) is 10.1 Å². The number of nitrogens with zero attached hydrogens (tertiary/aromatic N) is 2. The lowest BCUT2D eigenvalue weighted by Gasteiger charge is -2.04. The summed E-state index contributed by atoms with van der Waals surface area (Å²) in [6.07, 6.45) is 1.25. The fraction of sp³-hybridized carbons (Fsp3) is 0.0714. The summed E-state index contributed by atoms with van der Waals surface area (Å²) in [5.41, 5.74) is 0.628. The number of rotatable bonds is 5. The van der Waals surface area contributed by atoms with Crippen LogP contribution in [0, 0.1) is 17.0 Å². The zero-order valence-corrected chi connectivity index (χ0v) is 13.5. The number of nitro groups is 1. The van der Waals surface area contributed by atoms with Crippen LogP contribution in [0.2, 0.25) is 5.02 Å². The number of aryl methyl sites for hydroxylation is 1. The molecule has 0 spiro atoms. The van der Waals surface area contributed by atoms with E-state index >= 15 is 0 Å². The summed E-state index contributed by atoms with van der Waals surface area (Å²) < 4.78 is 24.2. The average Bonchev–Trinajstić information content (AvgIpc) is 2.49. The van der Waals surface area contributed by atoms with Crippen LogP contribution in [0.4, 0.5) is 5.69 Å². The summed E-state index contributed by atoms with van der Waals surface area (Å²) in [5.74, 6) is 0. The summed E-state index contributed by atoms with van der Waals surface area (Å²) in [6, 6.07) is 10.4. The Morgan fingerprint density at radius 2 is 1.96 bits per heavy atom. The maximum atomic E-state index is 12.1. The first-order valence-corrected chi connectivity index (χ1v) is 8.22. The van der Waals surface area contributed by atoms with E-state index in [0.717, 1.165) is 6.07 Å². The molecule has 0 radical (unpaired) electrons. The first-order chi connectivity index (χ1) is 10.8. The van der Waals surface area contributed by atoms with Crippen molar-refractivity contribution in [3.05, 3.63) is 68.7 Å². The Morgan fingerprint density at radius 1 is 1.26 bits per heavy atom. The van der Waals surface area contributed by atoms with Gasteiger partial charge in [0.2, 0.25) is 0 Å². The van der Waals surface area contributed by atoms with E-state index in [-0.39, 0.29) is 10.6 Å². The highest BCUT2D eigenvalue weighted by atomic mass is 35.5. The number of halogens is 1. The monoisotopic (exact) mass is 353 g/mol. The summed E-state index contributed by atoms with van der Waals surface area (Å²) in [6.45, 7) is 1.53. The largest absolute Gasteiger partial charge is 0.276 e. The van der Waals surface area contributed by atoms with Crippen molar-refractivity contribution in [2.75, 3.05) is 0 Å². The number of nitro benzene ring substituents is 1. The van der Waals surface area contributed by atoms with Crippen LogP contribution in [-0.2, 0) is 10.0 Å². The third-order valence-electron chi connectivity index (χ3n) is 2.97. The molecule has 0 aliphatic carbocycles. The van der Waals surface area contributed by atoms with E-state index < -0.39 is 14.9 Å². The van der Waals surface area contributed by atoms with Crippen LogP contribution < -0.4 is 4.83 Å². The molecule has 0 bridgehead atoms. The highest BCUT2D eigenvalue weighted by Gasteiger charge is 2.19. The van der Waals surface area contributed by atoms with Crippen molar-refractivity contribution in [3.63, 3.8) is 0 Å². The van der Waals surface area contributed by atoms with Gasteiger partial charge in [0.05, 0.1) is 16.0 Å². The third-order valence-corrected chi connectivity index (χ3v) is 4.53. The number of sulfonamides is 1. The Bertz CT molecular complexity index is 881. The Kier molecular flexibility index (Phi) is 4.97. The number of hydrogen-bond acceptors (Lipinski definition) is 5. The van der Waals surface area contributed by atoms with Crippen molar-refractivity contribution in [2.45, 2.75) is 11.8 Å². The standard InChI is InChI=1S/C14H12ClN3O4S/c1-10-6-7-12(8-14(10)18(19)20)23(21,22)17-16-9-11-4-2-3-5-13(11)15/h2-9,17H,1H3/b16-9-. The minimum absolute atomic E-state index is 0.244. The molecule has 0 heterocycles. The molecule has 0 saturated heterocycles. The van der Waals surface area contributed by atoms with Gasteiger partial charge in [-0.2, -0.15) is 13.5 Å². The van der Waals surface area contributed by atoms with Crippen LogP contribution in [0.1, 0.15) is 11.1 Å². The molecule has 1 N–H and O–H groups in total. The fourth-order valence-corrected chi connectivity index (χ4v) is 2.75. The topological polar surface area (TPSA) is 102 Å². The van der Waals surface area contributed by atoms with Gasteiger partial charge in [0.15, 0.2) is 0 Å². The maximum absolute atomic E-state index is 12.1. The van der Waals surface area contributed by atoms with E-state index in [9.17, 15) is 18.5 Å². The van der Waals surface area contributed by atoms with Gasteiger partial charge in [0, 0.05) is 22.2 Å². The zero-order valence-electron chi connectivity index (χ0n) is 11.9. The van der Waals surface area contributed by atoms with Gasteiger partial charge in [-0.15, -0.1) is 0 Å². The predicted octanol–water partition coefficient (Wildman–Crippen LogP) is 2.87. The van der Waals surface area contributed by atoms with Crippen molar-refractivity contribution in [1.29, 1.82) is 0 Å². The highest BCUT2D eigenvalue weighted by Crippen LogP contribution is 2.22. The molecule has 0 aromatic heterocycles. The zero-order chi connectivity index (χ0) is 17.0. The van der Waals surface area contributed by atoms with E-state index in [1.165, 1.54) is 25.3 Å². The minimum atomic E-state index is -4.01. The van der Waals surface area contributed by atoms with Gasteiger partial charge >= 0.3 is 0 Å². The maximum Gasteiger partial charge on any atom is 0.276 e. The van der Waals surface area contributed by atoms with Gasteiger partial charge in [-0.05, 0) is 19.1 Å². The van der Waals surface area contributed by atoms with E-state index in [2.05, 4.69) is 5.10 Å². The lowest BCUT2D eigenvalue weighted by atomic mass is 10.2. The molecule has 23 heavy (non-hydrogen) atoms. The van der Waals surface area contributed by atoms with Crippen LogP contribution in [0.25, 0.3) is 0 Å². The van der Waals surface area contributed by atoms with Gasteiger partial charge in [-0.1, -0.05) is 35.9 Å². The lowest BCUT2D eigenvalue weighted by molar-refractivity contribution is -0.385. The van der Waals surface area contributed by atoms with Crippen molar-refractivity contribution in [2.24, 2.45) is 5.10 Å². The number of hydrogen-bond donors (Lipinski definition) is 1. The van der Waals surface area contributed by atoms with Crippen LogP contribution >= 0.6 is 11.6 Å². The first kappa shape index (κ1) is 16.9. The Labute approximate surface area is 137 Å². The Morgan fingerprint density at radius 3 is 2.61 bits per heavy atom. The normalized spacial score (nSPS) is 11.6. The third kappa shape index (κ3) is 4.05. The molecule has 0 saturated carbocycles. The summed E-state index contributed by atoms with van der Waals surface area (Å²) >= 11 is 5.92. The van der Waals surface area contributed by atoms with Gasteiger partial charge in [0.25, 0.3) is 15.7 Å². The Hall–Kier alpha value is -2.45. The number of benzene rings is 2. The molecule has 9 heteroatoms. The van der Waals surface area contributed by atoms with Gasteiger partial charge in [0.1, 0.15) is 0 Å². The molecule has 0 aliphatic heterocycles. The van der Waals surface area contributed by atoms with Crippen molar-refractivity contribution in [1.82, 2.24) is 4.83 Å². The fourth-order valence-electron chi connectivity index (χ4n) is 1.75. The summed E-state index contributed by atoms with van der Waals surface area (Å²) in [5, 5.41) is 14.9. The molecule has 0 fully saturated rings. The van der Waals surface area contributed by atoms with Crippen LogP contribution in [0.5, 0.6) is 0 Å². The molecule has 0 unspecified atom stereocenters. The van der Waals surface area contributed by atoms with E-state index in [4.69, 9.17) is 11.6 Å². The second kappa shape index (κ2) is 6.76.